The van der Waals surface area contributed by atoms with Crippen LogP contribution in [0.5, 0.6) is 0 Å². The van der Waals surface area contributed by atoms with E-state index >= 15 is 0 Å². The summed E-state index contributed by atoms with van der Waals surface area (Å²) >= 11 is 0. The second-order valence-electron chi connectivity index (χ2n) is 5.95. The van der Waals surface area contributed by atoms with Gasteiger partial charge in [-0.1, -0.05) is 43.7 Å². The number of carbonyl (C=O) groups is 2. The molecule has 0 aromatic heterocycles. The molecule has 0 radical (unpaired) electrons. The van der Waals surface area contributed by atoms with Crippen LogP contribution in [0.2, 0.25) is 0 Å². The Balaban J connectivity index is 2.40. The first kappa shape index (κ1) is 18.2. The molecule has 5 heteroatoms. The first-order valence-corrected chi connectivity index (χ1v) is 8.45. The highest BCUT2D eigenvalue weighted by Crippen LogP contribution is 2.36. The molecule has 1 aromatic rings. The van der Waals surface area contributed by atoms with E-state index in [0.29, 0.717) is 18.7 Å². The number of unbranched alkanes of at least 4 members (excludes halogenated alkanes) is 1. The summed E-state index contributed by atoms with van der Waals surface area (Å²) in [5.41, 5.74) is 2.29. The van der Waals surface area contributed by atoms with Gasteiger partial charge in [-0.05, 0) is 18.9 Å². The maximum absolute atomic E-state index is 12.6. The fourth-order valence-corrected chi connectivity index (χ4v) is 2.97. The lowest BCUT2D eigenvalue weighted by molar-refractivity contribution is -0.140. The van der Waals surface area contributed by atoms with Crippen LogP contribution in [0, 0.1) is 0 Å². The van der Waals surface area contributed by atoms with Gasteiger partial charge in [0.05, 0.1) is 18.2 Å². The van der Waals surface area contributed by atoms with Gasteiger partial charge in [0.15, 0.2) is 0 Å². The summed E-state index contributed by atoms with van der Waals surface area (Å²) in [6.45, 7) is 5.59. The number of likely N-dealkylation sites (tertiary alicyclic amines) is 1. The molecule has 24 heavy (non-hydrogen) atoms. The zero-order valence-corrected chi connectivity index (χ0v) is 14.7. The van der Waals surface area contributed by atoms with Gasteiger partial charge in [0.25, 0.3) is 11.7 Å². The second kappa shape index (κ2) is 8.64. The van der Waals surface area contributed by atoms with E-state index in [1.165, 1.54) is 0 Å². The summed E-state index contributed by atoms with van der Waals surface area (Å²) in [5.74, 6) is -0.867. The monoisotopic (exact) mass is 330 g/mol. The number of carbonyl (C=O) groups excluding carboxylic acids is 2. The Kier molecular flexibility index (Phi) is 6.55. The summed E-state index contributed by atoms with van der Waals surface area (Å²) in [5, 5.41) is 3.30. The lowest BCUT2D eigenvalue weighted by Crippen LogP contribution is -2.32. The summed E-state index contributed by atoms with van der Waals surface area (Å²) in [6.07, 6.45) is 2.10. The second-order valence-corrected chi connectivity index (χ2v) is 5.95. The van der Waals surface area contributed by atoms with Crippen molar-refractivity contribution in [2.75, 3.05) is 26.8 Å². The number of hydrogen-bond donors (Lipinski definition) is 1. The summed E-state index contributed by atoms with van der Waals surface area (Å²) in [4.78, 5) is 26.7. The maximum Gasteiger partial charge on any atom is 0.295 e. The van der Waals surface area contributed by atoms with Gasteiger partial charge in [-0.3, -0.25) is 9.59 Å². The number of nitrogens with zero attached hydrogens (tertiary/aromatic N) is 1. The Hall–Kier alpha value is -2.14. The van der Waals surface area contributed by atoms with Crippen molar-refractivity contribution in [1.82, 2.24) is 10.2 Å². The molecular weight excluding hydrogens is 304 g/mol. The Morgan fingerprint density at radius 2 is 1.96 bits per heavy atom. The van der Waals surface area contributed by atoms with Crippen molar-refractivity contribution in [3.05, 3.63) is 47.2 Å². The highest BCUT2D eigenvalue weighted by atomic mass is 16.5. The third kappa shape index (κ3) is 3.85. The number of amides is 1. The minimum absolute atomic E-state index is 0.351. The molecule has 1 heterocycles. The molecule has 5 nitrogen and oxygen atoms in total. The normalized spacial score (nSPS) is 19.8. The number of Topliss-reactive ketones (excluding diaryl/α,β-unsaturated/α-hetero) is 1. The summed E-state index contributed by atoms with van der Waals surface area (Å²) in [6, 6.07) is 9.33. The molecule has 0 spiro atoms. The molecule has 1 N–H and O–H groups in total. The first-order valence-electron chi connectivity index (χ1n) is 8.45. The molecule has 1 amide bonds. The fraction of sp³-hybridized carbons (Fsp3) is 0.474. The number of ether oxygens (including phenoxy) is 1. The van der Waals surface area contributed by atoms with E-state index in [9.17, 15) is 9.59 Å². The van der Waals surface area contributed by atoms with E-state index in [1.54, 1.807) is 12.0 Å². The quantitative estimate of drug-likeness (QED) is 0.452. The van der Waals surface area contributed by atoms with Crippen LogP contribution in [-0.2, 0) is 14.3 Å². The van der Waals surface area contributed by atoms with E-state index in [1.807, 2.05) is 37.3 Å². The largest absolute Gasteiger partial charge is 0.388 e. The van der Waals surface area contributed by atoms with Crippen LogP contribution in [0.3, 0.4) is 0 Å². The van der Waals surface area contributed by atoms with Crippen molar-refractivity contribution in [2.24, 2.45) is 0 Å². The van der Waals surface area contributed by atoms with Gasteiger partial charge in [-0.25, -0.2) is 0 Å². The molecule has 0 bridgehead atoms. The fourth-order valence-electron chi connectivity index (χ4n) is 2.97. The van der Waals surface area contributed by atoms with E-state index in [2.05, 4.69) is 12.2 Å². The highest BCUT2D eigenvalue weighted by Gasteiger charge is 2.44. The van der Waals surface area contributed by atoms with E-state index < -0.39 is 11.7 Å². The Morgan fingerprint density at radius 1 is 1.25 bits per heavy atom. The Labute approximate surface area is 143 Å². The molecule has 1 fully saturated rings. The van der Waals surface area contributed by atoms with Crippen molar-refractivity contribution in [3.63, 3.8) is 0 Å². The molecule has 1 aliphatic heterocycles. The van der Waals surface area contributed by atoms with Crippen molar-refractivity contribution >= 4 is 11.7 Å². The van der Waals surface area contributed by atoms with Gasteiger partial charge in [-0.15, -0.1) is 0 Å². The minimum Gasteiger partial charge on any atom is -0.388 e. The topological polar surface area (TPSA) is 58.6 Å². The van der Waals surface area contributed by atoms with Gasteiger partial charge in [0, 0.05) is 25.9 Å². The maximum atomic E-state index is 12.6. The standard InChI is InChI=1S/C19H26N2O3/c1-4-5-11-20-14(2)16-17(15-9-7-6-8-10-15)21(12-13-24-3)19(23)18(16)22/h6-10,17,20H,4-5,11-13H2,1-3H3/b16-14-/t17-/m0/s1. The Bertz CT molecular complexity index is 610. The molecule has 1 saturated heterocycles. The van der Waals surface area contributed by atoms with Crippen LogP contribution in [0.1, 0.15) is 38.3 Å². The average Bonchev–Trinajstić information content (AvgIpc) is 2.85. The number of rotatable bonds is 8. The van der Waals surface area contributed by atoms with E-state index in [0.717, 1.165) is 30.6 Å². The van der Waals surface area contributed by atoms with Gasteiger partial charge in [0.1, 0.15) is 0 Å². The van der Waals surface area contributed by atoms with E-state index in [-0.39, 0.29) is 6.04 Å². The molecule has 0 unspecified atom stereocenters. The van der Waals surface area contributed by atoms with Crippen LogP contribution in [0.25, 0.3) is 0 Å². The predicted molar refractivity (Wildman–Crippen MR) is 93.4 cm³/mol. The van der Waals surface area contributed by atoms with Crippen molar-refractivity contribution in [2.45, 2.75) is 32.7 Å². The zero-order valence-electron chi connectivity index (χ0n) is 14.7. The lowest BCUT2D eigenvalue weighted by Gasteiger charge is -2.25. The molecule has 2 rings (SSSR count). The smallest absolute Gasteiger partial charge is 0.295 e. The third-order valence-corrected chi connectivity index (χ3v) is 4.26. The number of benzene rings is 1. The Morgan fingerprint density at radius 3 is 2.58 bits per heavy atom. The number of allylic oxidation sites excluding steroid dienone is 1. The first-order chi connectivity index (χ1) is 11.6. The minimum atomic E-state index is -0.451. The summed E-state index contributed by atoms with van der Waals surface area (Å²) < 4.78 is 5.11. The van der Waals surface area contributed by atoms with Gasteiger partial charge < -0.3 is 15.0 Å². The van der Waals surface area contributed by atoms with Crippen LogP contribution in [0.4, 0.5) is 0 Å². The molecule has 1 atom stereocenters. The number of nitrogens with one attached hydrogen (secondary N) is 1. The number of methoxy groups -OCH3 is 1. The van der Waals surface area contributed by atoms with Crippen molar-refractivity contribution < 1.29 is 14.3 Å². The number of hydrogen-bond acceptors (Lipinski definition) is 4. The molecule has 0 aliphatic carbocycles. The van der Waals surface area contributed by atoms with Gasteiger partial charge >= 0.3 is 0 Å². The number of ketones is 1. The van der Waals surface area contributed by atoms with Crippen LogP contribution in [-0.4, -0.2) is 43.4 Å². The van der Waals surface area contributed by atoms with E-state index in [4.69, 9.17) is 4.74 Å². The zero-order chi connectivity index (χ0) is 17.5. The molecular formula is C19H26N2O3. The van der Waals surface area contributed by atoms with Gasteiger partial charge in [-0.2, -0.15) is 0 Å². The van der Waals surface area contributed by atoms with Crippen LogP contribution in [0.15, 0.2) is 41.6 Å². The lowest BCUT2D eigenvalue weighted by atomic mass is 9.97. The molecule has 1 aromatic carbocycles. The summed E-state index contributed by atoms with van der Waals surface area (Å²) in [7, 11) is 1.59. The molecule has 130 valence electrons. The average molecular weight is 330 g/mol. The van der Waals surface area contributed by atoms with Gasteiger partial charge in [0.2, 0.25) is 0 Å². The SMILES string of the molecule is CCCCN/C(C)=C1\C(=O)C(=O)N(CCOC)[C@H]1c1ccccc1. The third-order valence-electron chi connectivity index (χ3n) is 4.26. The molecule has 1 aliphatic rings. The predicted octanol–water partition coefficient (Wildman–Crippen LogP) is 2.45. The molecule has 0 saturated carbocycles. The van der Waals surface area contributed by atoms with Crippen LogP contribution >= 0.6 is 0 Å². The highest BCUT2D eigenvalue weighted by molar-refractivity contribution is 6.45. The van der Waals surface area contributed by atoms with Crippen LogP contribution < -0.4 is 5.32 Å². The van der Waals surface area contributed by atoms with Crippen molar-refractivity contribution in [1.29, 1.82) is 0 Å². The van der Waals surface area contributed by atoms with Crippen molar-refractivity contribution in [3.8, 4) is 0 Å².